The molecule has 6 nitrogen and oxygen atoms in total. The monoisotopic (exact) mass is 1040 g/mol. The van der Waals surface area contributed by atoms with Gasteiger partial charge in [0.1, 0.15) is 13.2 Å². The summed E-state index contributed by atoms with van der Waals surface area (Å²) in [6, 6.07) is 0. The topological polar surface area (TPSA) is 78.9 Å². The van der Waals surface area contributed by atoms with Crippen molar-refractivity contribution in [2.75, 3.05) is 13.2 Å². The molecule has 0 fully saturated rings. The highest BCUT2D eigenvalue weighted by molar-refractivity contribution is 5.71. The number of hydrogen-bond acceptors (Lipinski definition) is 6. The van der Waals surface area contributed by atoms with Gasteiger partial charge in [0.2, 0.25) is 0 Å². The Kier molecular flexibility index (Phi) is 58.9. The highest BCUT2D eigenvalue weighted by Crippen LogP contribution is 2.15. The third-order valence-electron chi connectivity index (χ3n) is 13.0. The maximum atomic E-state index is 12.8. The normalized spacial score (nSPS) is 12.9. The quantitative estimate of drug-likeness (QED) is 0.0261. The second kappa shape index (κ2) is 62.4. The number of allylic oxidation sites excluding steroid dienone is 20. The van der Waals surface area contributed by atoms with Gasteiger partial charge in [0.15, 0.2) is 6.10 Å². The Balaban J connectivity index is 4.20. The second-order valence-electron chi connectivity index (χ2n) is 20.2. The van der Waals surface area contributed by atoms with Crippen LogP contribution < -0.4 is 0 Å². The van der Waals surface area contributed by atoms with Crippen molar-refractivity contribution in [3.8, 4) is 0 Å². The first kappa shape index (κ1) is 70.8. The SMILES string of the molecule is CC/C=C\C/C=C\C/C=C\C/C=C\C/C=C\C/C=C\C/C=C\C/C=C\C/C=C\C/C=C\CCCCCCC(=O)OCC(COC(=O)CCCCCCCCCC)OC(=O)CCCCCCCCCCCCCCCC. The fourth-order valence-electron chi connectivity index (χ4n) is 8.35. The van der Waals surface area contributed by atoms with Gasteiger partial charge in [0.05, 0.1) is 0 Å². The molecule has 0 N–H and O–H groups in total. The van der Waals surface area contributed by atoms with E-state index in [1.807, 2.05) is 0 Å². The van der Waals surface area contributed by atoms with E-state index in [0.717, 1.165) is 135 Å². The molecule has 1 atom stereocenters. The first-order valence-electron chi connectivity index (χ1n) is 31.0. The van der Waals surface area contributed by atoms with Crippen molar-refractivity contribution in [3.63, 3.8) is 0 Å². The van der Waals surface area contributed by atoms with Crippen LogP contribution in [-0.4, -0.2) is 37.2 Å². The van der Waals surface area contributed by atoms with Gasteiger partial charge in [-0.3, -0.25) is 14.4 Å². The molecule has 0 heterocycles. The predicted molar refractivity (Wildman–Crippen MR) is 325 cm³/mol. The molecule has 0 bridgehead atoms. The first-order valence-corrected chi connectivity index (χ1v) is 31.0. The molecule has 0 rings (SSSR count). The first-order chi connectivity index (χ1) is 37.0. The van der Waals surface area contributed by atoms with Crippen LogP contribution in [0.2, 0.25) is 0 Å². The van der Waals surface area contributed by atoms with Gasteiger partial charge in [-0.15, -0.1) is 0 Å². The van der Waals surface area contributed by atoms with Crippen LogP contribution in [0.25, 0.3) is 0 Å². The molecule has 0 aromatic heterocycles. The van der Waals surface area contributed by atoms with E-state index in [1.165, 1.54) is 103 Å². The highest BCUT2D eigenvalue weighted by atomic mass is 16.6. The number of unbranched alkanes of at least 4 members (excludes halogenated alkanes) is 24. The average Bonchev–Trinajstić information content (AvgIpc) is 3.41. The van der Waals surface area contributed by atoms with Crippen LogP contribution in [0.1, 0.15) is 278 Å². The smallest absolute Gasteiger partial charge is 0.306 e. The van der Waals surface area contributed by atoms with Gasteiger partial charge in [-0.1, -0.05) is 284 Å². The molecule has 1 unspecified atom stereocenters. The van der Waals surface area contributed by atoms with Crippen LogP contribution >= 0.6 is 0 Å². The standard InChI is InChI=1S/C69H114O6/c1-4-7-10-13-16-19-21-23-25-26-27-28-29-30-31-32-33-34-35-36-37-38-39-40-41-42-43-44-45-47-48-50-53-56-59-62-68(71)74-65-66(64-73-67(70)61-58-55-52-18-15-12-9-6-3)75-69(72)63-60-57-54-51-49-46-24-22-20-17-14-11-8-5-2/h7,10,16,19,23,25,27-28,30-31,33-34,36-37,39-40,42-43,45,47,66H,4-6,8-9,11-15,17-18,20-22,24,26,29,32,35,38,41,44,46,48-65H2,1-3H3/b10-7-,19-16-,25-23-,28-27-,31-30-,34-33-,37-36-,40-39-,43-42-,47-45-. The minimum absolute atomic E-state index is 0.0842. The molecule has 0 aromatic rings. The minimum Gasteiger partial charge on any atom is -0.462 e. The lowest BCUT2D eigenvalue weighted by Gasteiger charge is -2.18. The Morgan fingerprint density at radius 3 is 0.813 bits per heavy atom. The van der Waals surface area contributed by atoms with Crippen LogP contribution in [0.4, 0.5) is 0 Å². The van der Waals surface area contributed by atoms with Crippen molar-refractivity contribution in [2.45, 2.75) is 284 Å². The molecule has 75 heavy (non-hydrogen) atoms. The lowest BCUT2D eigenvalue weighted by atomic mass is 10.0. The molecule has 0 aliphatic carbocycles. The number of esters is 3. The summed E-state index contributed by atoms with van der Waals surface area (Å²) in [7, 11) is 0. The summed E-state index contributed by atoms with van der Waals surface area (Å²) in [5, 5.41) is 0. The fourth-order valence-corrected chi connectivity index (χ4v) is 8.35. The Labute approximate surface area is 462 Å². The number of ether oxygens (including phenoxy) is 3. The van der Waals surface area contributed by atoms with Crippen molar-refractivity contribution in [3.05, 3.63) is 122 Å². The number of carbonyl (C=O) groups is 3. The van der Waals surface area contributed by atoms with E-state index >= 15 is 0 Å². The van der Waals surface area contributed by atoms with Crippen LogP contribution in [0.3, 0.4) is 0 Å². The van der Waals surface area contributed by atoms with Crippen molar-refractivity contribution >= 4 is 17.9 Å². The van der Waals surface area contributed by atoms with Gasteiger partial charge < -0.3 is 14.2 Å². The molecule has 6 heteroatoms. The van der Waals surface area contributed by atoms with E-state index in [9.17, 15) is 14.4 Å². The fraction of sp³-hybridized carbons (Fsp3) is 0.667. The van der Waals surface area contributed by atoms with Crippen molar-refractivity contribution in [2.24, 2.45) is 0 Å². The lowest BCUT2D eigenvalue weighted by molar-refractivity contribution is -0.167. The molecule has 0 saturated carbocycles. The number of rotatable bonds is 55. The summed E-state index contributed by atoms with van der Waals surface area (Å²) in [5.41, 5.74) is 0. The Hall–Kier alpha value is -4.19. The largest absolute Gasteiger partial charge is 0.462 e. The van der Waals surface area contributed by atoms with Gasteiger partial charge in [-0.05, 0) is 96.3 Å². The molecule has 0 spiro atoms. The Bertz CT molecular complexity index is 1570. The van der Waals surface area contributed by atoms with Crippen LogP contribution in [0.15, 0.2) is 122 Å². The summed E-state index contributed by atoms with van der Waals surface area (Å²) < 4.78 is 16.8. The summed E-state index contributed by atoms with van der Waals surface area (Å²) >= 11 is 0. The maximum Gasteiger partial charge on any atom is 0.306 e. The van der Waals surface area contributed by atoms with Crippen LogP contribution in [-0.2, 0) is 28.6 Å². The molecule has 0 radical (unpaired) electrons. The molecule has 0 aromatic carbocycles. The van der Waals surface area contributed by atoms with Gasteiger partial charge in [0, 0.05) is 19.3 Å². The van der Waals surface area contributed by atoms with Gasteiger partial charge >= 0.3 is 17.9 Å². The zero-order chi connectivity index (χ0) is 54.3. The molecule has 0 aliphatic heterocycles. The molecule has 0 saturated heterocycles. The van der Waals surface area contributed by atoms with Crippen LogP contribution in [0, 0.1) is 0 Å². The van der Waals surface area contributed by atoms with E-state index in [2.05, 4.69) is 142 Å². The second-order valence-corrected chi connectivity index (χ2v) is 20.2. The minimum atomic E-state index is -0.785. The van der Waals surface area contributed by atoms with Gasteiger partial charge in [-0.25, -0.2) is 0 Å². The molecule has 0 amide bonds. The van der Waals surface area contributed by atoms with E-state index in [4.69, 9.17) is 14.2 Å². The summed E-state index contributed by atoms with van der Waals surface area (Å²) in [6.45, 7) is 6.48. The van der Waals surface area contributed by atoms with Crippen molar-refractivity contribution in [1.82, 2.24) is 0 Å². The van der Waals surface area contributed by atoms with Crippen LogP contribution in [0.5, 0.6) is 0 Å². The zero-order valence-corrected chi connectivity index (χ0v) is 48.8. The Morgan fingerprint density at radius 2 is 0.520 bits per heavy atom. The van der Waals surface area contributed by atoms with E-state index < -0.39 is 6.10 Å². The van der Waals surface area contributed by atoms with E-state index in [-0.39, 0.29) is 31.1 Å². The zero-order valence-electron chi connectivity index (χ0n) is 48.8. The highest BCUT2D eigenvalue weighted by Gasteiger charge is 2.19. The molecular weight excluding hydrogens is 925 g/mol. The molecule has 0 aliphatic rings. The van der Waals surface area contributed by atoms with Crippen molar-refractivity contribution in [1.29, 1.82) is 0 Å². The lowest BCUT2D eigenvalue weighted by Crippen LogP contribution is -2.30. The predicted octanol–water partition coefficient (Wildman–Crippen LogP) is 21.2. The summed E-state index contributed by atoms with van der Waals surface area (Å²) in [6.07, 6.45) is 86.5. The summed E-state index contributed by atoms with van der Waals surface area (Å²) in [4.78, 5) is 38.0. The van der Waals surface area contributed by atoms with E-state index in [0.29, 0.717) is 19.3 Å². The van der Waals surface area contributed by atoms with Gasteiger partial charge in [0.25, 0.3) is 0 Å². The van der Waals surface area contributed by atoms with Crippen molar-refractivity contribution < 1.29 is 28.6 Å². The number of carbonyl (C=O) groups excluding carboxylic acids is 3. The number of hydrogen-bond donors (Lipinski definition) is 0. The molecular formula is C69H114O6. The summed E-state index contributed by atoms with van der Waals surface area (Å²) in [5.74, 6) is -0.912. The molecule has 426 valence electrons. The van der Waals surface area contributed by atoms with Gasteiger partial charge in [-0.2, -0.15) is 0 Å². The maximum absolute atomic E-state index is 12.8. The Morgan fingerprint density at radius 1 is 0.280 bits per heavy atom. The van der Waals surface area contributed by atoms with E-state index in [1.54, 1.807) is 0 Å². The third-order valence-corrected chi connectivity index (χ3v) is 13.0. The third kappa shape index (κ3) is 60.6. The average molecular weight is 1040 g/mol.